The molecular weight excluding hydrogens is 342 g/mol. The number of carbonyl (C=O) groups is 1. The van der Waals surface area contributed by atoms with Gasteiger partial charge in [-0.3, -0.25) is 4.79 Å². The summed E-state index contributed by atoms with van der Waals surface area (Å²) in [4.78, 5) is 27.9. The Morgan fingerprint density at radius 1 is 1.15 bits per heavy atom. The summed E-state index contributed by atoms with van der Waals surface area (Å²) in [5, 5.41) is 4.67. The van der Waals surface area contributed by atoms with Crippen molar-refractivity contribution in [3.63, 3.8) is 0 Å². The fourth-order valence-electron chi connectivity index (χ4n) is 2.86. The van der Waals surface area contributed by atoms with Crippen LogP contribution in [0.1, 0.15) is 21.9 Å². The third-order valence-corrected chi connectivity index (χ3v) is 4.26. The second-order valence-corrected chi connectivity index (χ2v) is 6.24. The molecule has 1 aromatic carbocycles. The predicted octanol–water partition coefficient (Wildman–Crippen LogP) is 3.26. The first-order chi connectivity index (χ1) is 13.1. The van der Waals surface area contributed by atoms with E-state index >= 15 is 0 Å². The van der Waals surface area contributed by atoms with E-state index in [1.54, 1.807) is 36.5 Å². The normalized spacial score (nSPS) is 10.9. The molecule has 27 heavy (non-hydrogen) atoms. The van der Waals surface area contributed by atoms with Gasteiger partial charge in [-0.25, -0.2) is 15.0 Å². The highest BCUT2D eigenvalue weighted by atomic mass is 16.5. The van der Waals surface area contributed by atoms with E-state index in [1.807, 2.05) is 31.2 Å². The number of hydrogen-bond donors (Lipinski definition) is 0. The SMILES string of the molecule is Cc1ncc(-c2cc(C(=O)N(C)Cc3ccon3)c3ccccc3n2)cn1. The summed E-state index contributed by atoms with van der Waals surface area (Å²) in [7, 11) is 1.74. The van der Waals surface area contributed by atoms with E-state index in [0.717, 1.165) is 16.5 Å². The average Bonchev–Trinajstić information content (AvgIpc) is 3.20. The molecule has 7 heteroatoms. The molecule has 3 aromatic heterocycles. The smallest absolute Gasteiger partial charge is 0.254 e. The Labute approximate surface area is 155 Å². The molecular formula is C20H17N5O2. The third-order valence-electron chi connectivity index (χ3n) is 4.26. The topological polar surface area (TPSA) is 85.0 Å². The predicted molar refractivity (Wildman–Crippen MR) is 99.8 cm³/mol. The molecule has 4 rings (SSSR count). The van der Waals surface area contributed by atoms with Crippen LogP contribution in [0.25, 0.3) is 22.2 Å². The minimum absolute atomic E-state index is 0.120. The second-order valence-electron chi connectivity index (χ2n) is 6.24. The molecule has 0 atom stereocenters. The van der Waals surface area contributed by atoms with E-state index < -0.39 is 0 Å². The number of para-hydroxylation sites is 1. The summed E-state index contributed by atoms with van der Waals surface area (Å²) in [6, 6.07) is 11.1. The fourth-order valence-corrected chi connectivity index (χ4v) is 2.86. The molecule has 7 nitrogen and oxygen atoms in total. The molecule has 0 spiro atoms. The van der Waals surface area contributed by atoms with E-state index in [0.29, 0.717) is 29.3 Å². The number of pyridine rings is 1. The van der Waals surface area contributed by atoms with Gasteiger partial charge in [0.1, 0.15) is 17.8 Å². The van der Waals surface area contributed by atoms with Gasteiger partial charge in [0.05, 0.1) is 23.3 Å². The molecule has 0 radical (unpaired) electrons. The van der Waals surface area contributed by atoms with Crippen molar-refractivity contribution in [2.24, 2.45) is 0 Å². The van der Waals surface area contributed by atoms with Gasteiger partial charge in [0.15, 0.2) is 0 Å². The molecule has 134 valence electrons. The number of amides is 1. The highest BCUT2D eigenvalue weighted by molar-refractivity contribution is 6.07. The van der Waals surface area contributed by atoms with Crippen LogP contribution < -0.4 is 0 Å². The van der Waals surface area contributed by atoms with Gasteiger partial charge in [0.25, 0.3) is 5.91 Å². The third kappa shape index (κ3) is 3.39. The number of hydrogen-bond acceptors (Lipinski definition) is 6. The van der Waals surface area contributed by atoms with Gasteiger partial charge in [-0.05, 0) is 19.1 Å². The summed E-state index contributed by atoms with van der Waals surface area (Å²) in [5.74, 6) is 0.564. The Hall–Kier alpha value is -3.61. The zero-order valence-electron chi connectivity index (χ0n) is 15.0. The van der Waals surface area contributed by atoms with Crippen LogP contribution in [0.4, 0.5) is 0 Å². The number of benzene rings is 1. The Morgan fingerprint density at radius 3 is 2.67 bits per heavy atom. The minimum Gasteiger partial charge on any atom is -0.364 e. The highest BCUT2D eigenvalue weighted by Gasteiger charge is 2.18. The lowest BCUT2D eigenvalue weighted by Crippen LogP contribution is -2.26. The number of nitrogens with zero attached hydrogens (tertiary/aromatic N) is 5. The lowest BCUT2D eigenvalue weighted by atomic mass is 10.0. The lowest BCUT2D eigenvalue weighted by molar-refractivity contribution is 0.0784. The maximum Gasteiger partial charge on any atom is 0.254 e. The Kier molecular flexibility index (Phi) is 4.33. The molecule has 0 bridgehead atoms. The van der Waals surface area contributed by atoms with E-state index in [-0.39, 0.29) is 5.91 Å². The van der Waals surface area contributed by atoms with Gasteiger partial charge < -0.3 is 9.42 Å². The Morgan fingerprint density at radius 2 is 1.93 bits per heavy atom. The number of aromatic nitrogens is 4. The van der Waals surface area contributed by atoms with Crippen LogP contribution in [0.5, 0.6) is 0 Å². The molecule has 0 saturated carbocycles. The van der Waals surface area contributed by atoms with Crippen molar-refractivity contribution >= 4 is 16.8 Å². The second kappa shape index (κ2) is 6.95. The lowest BCUT2D eigenvalue weighted by Gasteiger charge is -2.17. The quantitative estimate of drug-likeness (QED) is 0.556. The molecule has 0 fully saturated rings. The first kappa shape index (κ1) is 16.8. The van der Waals surface area contributed by atoms with Crippen molar-refractivity contribution in [3.8, 4) is 11.3 Å². The highest BCUT2D eigenvalue weighted by Crippen LogP contribution is 2.25. The van der Waals surface area contributed by atoms with E-state index in [9.17, 15) is 4.79 Å². The molecule has 4 aromatic rings. The number of carbonyl (C=O) groups excluding carboxylic acids is 1. The molecule has 0 aliphatic carbocycles. The summed E-state index contributed by atoms with van der Waals surface area (Å²) < 4.78 is 4.85. The van der Waals surface area contributed by atoms with E-state index in [4.69, 9.17) is 4.52 Å². The molecule has 3 heterocycles. The van der Waals surface area contributed by atoms with Gasteiger partial charge in [0.2, 0.25) is 0 Å². The zero-order chi connectivity index (χ0) is 18.8. The van der Waals surface area contributed by atoms with Gasteiger partial charge in [-0.15, -0.1) is 0 Å². The average molecular weight is 359 g/mol. The Balaban J connectivity index is 1.78. The van der Waals surface area contributed by atoms with Gasteiger partial charge in [0, 0.05) is 36.5 Å². The molecule has 0 aliphatic rings. The summed E-state index contributed by atoms with van der Waals surface area (Å²) in [6.45, 7) is 2.18. The fraction of sp³-hybridized carbons (Fsp3) is 0.150. The molecule has 0 N–H and O–H groups in total. The Bertz CT molecular complexity index is 1090. The maximum absolute atomic E-state index is 13.1. The minimum atomic E-state index is -0.120. The van der Waals surface area contributed by atoms with E-state index in [2.05, 4.69) is 20.1 Å². The number of aryl methyl sites for hydroxylation is 1. The van der Waals surface area contributed by atoms with Crippen molar-refractivity contribution < 1.29 is 9.32 Å². The largest absolute Gasteiger partial charge is 0.364 e. The van der Waals surface area contributed by atoms with Crippen LogP contribution in [-0.2, 0) is 6.54 Å². The van der Waals surface area contributed by atoms with Crippen molar-refractivity contribution in [2.75, 3.05) is 7.05 Å². The number of fused-ring (bicyclic) bond motifs is 1. The van der Waals surface area contributed by atoms with Crippen LogP contribution in [-0.4, -0.2) is 38.0 Å². The zero-order valence-corrected chi connectivity index (χ0v) is 15.0. The van der Waals surface area contributed by atoms with Crippen molar-refractivity contribution in [1.29, 1.82) is 0 Å². The van der Waals surface area contributed by atoms with Crippen LogP contribution >= 0.6 is 0 Å². The molecule has 0 unspecified atom stereocenters. The van der Waals surface area contributed by atoms with Gasteiger partial charge in [-0.1, -0.05) is 23.4 Å². The van der Waals surface area contributed by atoms with Crippen LogP contribution in [0.15, 0.2) is 59.6 Å². The molecule has 0 saturated heterocycles. The molecule has 1 amide bonds. The van der Waals surface area contributed by atoms with Crippen molar-refractivity contribution in [1.82, 2.24) is 25.0 Å². The summed E-state index contributed by atoms with van der Waals surface area (Å²) in [5.41, 5.74) is 3.43. The molecule has 0 aliphatic heterocycles. The monoisotopic (exact) mass is 359 g/mol. The number of rotatable bonds is 4. The van der Waals surface area contributed by atoms with Crippen molar-refractivity contribution in [2.45, 2.75) is 13.5 Å². The van der Waals surface area contributed by atoms with E-state index in [1.165, 1.54) is 6.26 Å². The van der Waals surface area contributed by atoms with Crippen LogP contribution in [0, 0.1) is 6.92 Å². The summed E-state index contributed by atoms with van der Waals surface area (Å²) >= 11 is 0. The standard InChI is InChI=1S/C20H17N5O2/c1-13-21-10-14(11-22-13)19-9-17(16-5-3-4-6-18(16)23-19)20(26)25(2)12-15-7-8-27-24-15/h3-11H,12H2,1-2H3. The van der Waals surface area contributed by atoms with Crippen LogP contribution in [0.2, 0.25) is 0 Å². The maximum atomic E-state index is 13.1. The van der Waals surface area contributed by atoms with Crippen molar-refractivity contribution in [3.05, 3.63) is 72.1 Å². The first-order valence-electron chi connectivity index (χ1n) is 8.45. The summed E-state index contributed by atoms with van der Waals surface area (Å²) in [6.07, 6.45) is 4.92. The van der Waals surface area contributed by atoms with Gasteiger partial charge in [-0.2, -0.15) is 0 Å². The van der Waals surface area contributed by atoms with Gasteiger partial charge >= 0.3 is 0 Å². The van der Waals surface area contributed by atoms with Crippen LogP contribution in [0.3, 0.4) is 0 Å². The first-order valence-corrected chi connectivity index (χ1v) is 8.45.